The van der Waals surface area contributed by atoms with Gasteiger partial charge in [-0.25, -0.2) is 9.78 Å². The first-order chi connectivity index (χ1) is 18.1. The molecule has 1 heterocycles. The molecule has 1 unspecified atom stereocenters. The third-order valence-corrected chi connectivity index (χ3v) is 7.58. The first kappa shape index (κ1) is 29.3. The zero-order valence-electron chi connectivity index (χ0n) is 22.6. The quantitative estimate of drug-likeness (QED) is 0.289. The summed E-state index contributed by atoms with van der Waals surface area (Å²) in [5, 5.41) is 15.2. The van der Waals surface area contributed by atoms with Gasteiger partial charge in [0.1, 0.15) is 5.60 Å². The number of hydrogen-bond acceptors (Lipinski definition) is 6. The number of aliphatic hydroxyl groups excluding tert-OH is 1. The van der Waals surface area contributed by atoms with Gasteiger partial charge in [0.05, 0.1) is 23.1 Å². The maximum absolute atomic E-state index is 12.7. The number of alkyl carbamates (subject to hydrolysis) is 1. The minimum Gasteiger partial charge on any atom is -0.444 e. The fourth-order valence-corrected chi connectivity index (χ4v) is 5.65. The van der Waals surface area contributed by atoms with E-state index in [1.54, 1.807) is 27.0 Å². The van der Waals surface area contributed by atoms with Crippen molar-refractivity contribution >= 4 is 23.3 Å². The number of aromatic nitrogens is 1. The Labute approximate surface area is 229 Å². The molecule has 0 saturated heterocycles. The van der Waals surface area contributed by atoms with E-state index in [2.05, 4.69) is 10.3 Å². The van der Waals surface area contributed by atoms with Gasteiger partial charge >= 0.3 is 6.09 Å². The summed E-state index contributed by atoms with van der Waals surface area (Å²) in [6.45, 7) is 7.35. The lowest BCUT2D eigenvalue weighted by Crippen LogP contribution is -2.47. The summed E-state index contributed by atoms with van der Waals surface area (Å²) in [4.78, 5) is 30.1. The first-order valence-electron chi connectivity index (χ1n) is 13.1. The highest BCUT2D eigenvalue weighted by Gasteiger charge is 2.30. The fraction of sp³-hybridized carbons (Fsp3) is 0.433. The van der Waals surface area contributed by atoms with Crippen LogP contribution in [0.5, 0.6) is 0 Å². The Kier molecular flexibility index (Phi) is 10.4. The average molecular weight is 538 g/mol. The molecule has 0 spiro atoms. The number of nitrogens with two attached hydrogens (primary N) is 1. The van der Waals surface area contributed by atoms with Crippen molar-refractivity contribution in [3.05, 3.63) is 87.9 Å². The van der Waals surface area contributed by atoms with Crippen molar-refractivity contribution in [3.63, 3.8) is 0 Å². The van der Waals surface area contributed by atoms with Crippen molar-refractivity contribution in [1.29, 1.82) is 0 Å². The molecule has 8 heteroatoms. The van der Waals surface area contributed by atoms with E-state index in [-0.39, 0.29) is 17.7 Å². The normalized spacial score (nSPS) is 14.8. The van der Waals surface area contributed by atoms with Crippen molar-refractivity contribution in [2.24, 2.45) is 5.73 Å². The lowest BCUT2D eigenvalue weighted by Gasteiger charge is -2.29. The molecule has 38 heavy (non-hydrogen) atoms. The van der Waals surface area contributed by atoms with Crippen LogP contribution in [0, 0.1) is 0 Å². The van der Waals surface area contributed by atoms with Crippen molar-refractivity contribution in [1.82, 2.24) is 10.3 Å². The van der Waals surface area contributed by atoms with Gasteiger partial charge in [0.2, 0.25) is 5.91 Å². The number of amides is 2. The van der Waals surface area contributed by atoms with Crippen LogP contribution in [0.25, 0.3) is 0 Å². The Balaban J connectivity index is 1.87. The molecule has 0 aliphatic heterocycles. The highest BCUT2D eigenvalue weighted by atomic mass is 32.1. The van der Waals surface area contributed by atoms with Gasteiger partial charge in [0.15, 0.2) is 0 Å². The van der Waals surface area contributed by atoms with Crippen LogP contribution in [0.2, 0.25) is 0 Å². The predicted octanol–water partition coefficient (Wildman–Crippen LogP) is 5.34. The van der Waals surface area contributed by atoms with Gasteiger partial charge in [-0.15, -0.1) is 11.3 Å². The molecule has 1 aromatic heterocycles. The van der Waals surface area contributed by atoms with E-state index in [0.717, 1.165) is 21.0 Å². The number of thiazole rings is 1. The van der Waals surface area contributed by atoms with E-state index < -0.39 is 23.8 Å². The number of nitrogens with one attached hydrogen (secondary N) is 1. The zero-order chi connectivity index (χ0) is 27.7. The molecular weight excluding hydrogens is 498 g/mol. The highest BCUT2D eigenvalue weighted by molar-refractivity contribution is 7.11. The van der Waals surface area contributed by atoms with Crippen LogP contribution in [0.15, 0.2) is 66.9 Å². The van der Waals surface area contributed by atoms with E-state index in [0.29, 0.717) is 25.7 Å². The average Bonchev–Trinajstić information content (AvgIpc) is 3.33. The number of rotatable bonds is 12. The Morgan fingerprint density at radius 1 is 1.03 bits per heavy atom. The zero-order valence-corrected chi connectivity index (χ0v) is 23.4. The molecule has 4 atom stereocenters. The lowest BCUT2D eigenvalue weighted by molar-refractivity contribution is -0.119. The minimum absolute atomic E-state index is 0.129. The number of ether oxygens (including phenoxy) is 1. The van der Waals surface area contributed by atoms with Crippen molar-refractivity contribution in [2.45, 2.75) is 83.0 Å². The van der Waals surface area contributed by atoms with Crippen molar-refractivity contribution in [2.75, 3.05) is 0 Å². The molecule has 3 rings (SSSR count). The number of carbonyl (C=O) groups excluding carboxylic acids is 2. The number of carbonyl (C=O) groups is 2. The monoisotopic (exact) mass is 537 g/mol. The third-order valence-electron chi connectivity index (χ3n) is 6.30. The summed E-state index contributed by atoms with van der Waals surface area (Å²) < 4.78 is 5.49. The smallest absolute Gasteiger partial charge is 0.407 e. The van der Waals surface area contributed by atoms with E-state index in [4.69, 9.17) is 10.5 Å². The molecule has 7 nitrogen and oxygen atoms in total. The maximum atomic E-state index is 12.7. The SMILES string of the molecule is CCC(C(N)=O)c1cnc([C@@H](Cc2ccccc2)C[C@H](O)[C@H](Cc2ccccc2)NC(=O)OC(C)(C)C)s1. The van der Waals surface area contributed by atoms with Gasteiger partial charge in [-0.2, -0.15) is 0 Å². The van der Waals surface area contributed by atoms with Gasteiger partial charge in [-0.1, -0.05) is 67.6 Å². The second-order valence-corrected chi connectivity index (χ2v) is 11.7. The fourth-order valence-electron chi connectivity index (χ4n) is 4.43. The molecule has 204 valence electrons. The second kappa shape index (κ2) is 13.5. The Bertz CT molecular complexity index is 1160. The summed E-state index contributed by atoms with van der Waals surface area (Å²) in [5.41, 5.74) is 7.07. The summed E-state index contributed by atoms with van der Waals surface area (Å²) in [7, 11) is 0. The third kappa shape index (κ3) is 8.96. The van der Waals surface area contributed by atoms with Crippen LogP contribution < -0.4 is 11.1 Å². The molecular formula is C30H39N3O4S. The molecule has 0 saturated carbocycles. The number of nitrogens with zero attached hydrogens (tertiary/aromatic N) is 1. The van der Waals surface area contributed by atoms with Gasteiger partial charge in [-0.3, -0.25) is 4.79 Å². The van der Waals surface area contributed by atoms with E-state index in [1.807, 2.05) is 67.6 Å². The Morgan fingerprint density at radius 3 is 2.13 bits per heavy atom. The molecule has 3 aromatic rings. The predicted molar refractivity (Wildman–Crippen MR) is 151 cm³/mol. The van der Waals surface area contributed by atoms with E-state index in [9.17, 15) is 14.7 Å². The number of benzene rings is 2. The van der Waals surface area contributed by atoms with Gasteiger partial charge < -0.3 is 20.9 Å². The Hall–Kier alpha value is -3.23. The van der Waals surface area contributed by atoms with Crippen molar-refractivity contribution < 1.29 is 19.4 Å². The molecule has 4 N–H and O–H groups in total. The van der Waals surface area contributed by atoms with Crippen LogP contribution in [-0.2, 0) is 22.4 Å². The molecule has 0 bridgehead atoms. The molecule has 0 radical (unpaired) electrons. The van der Waals surface area contributed by atoms with Gasteiger partial charge in [-0.05, 0) is 57.6 Å². The molecule has 0 aliphatic carbocycles. The Morgan fingerprint density at radius 2 is 1.61 bits per heavy atom. The minimum atomic E-state index is -0.873. The van der Waals surface area contributed by atoms with Crippen LogP contribution >= 0.6 is 11.3 Å². The van der Waals surface area contributed by atoms with Crippen LogP contribution in [0.1, 0.15) is 73.4 Å². The summed E-state index contributed by atoms with van der Waals surface area (Å²) >= 11 is 1.47. The van der Waals surface area contributed by atoms with Crippen LogP contribution in [0.3, 0.4) is 0 Å². The van der Waals surface area contributed by atoms with Gasteiger partial charge in [0.25, 0.3) is 0 Å². The topological polar surface area (TPSA) is 115 Å². The van der Waals surface area contributed by atoms with E-state index in [1.165, 1.54) is 11.3 Å². The lowest BCUT2D eigenvalue weighted by atomic mass is 9.89. The number of hydrogen-bond donors (Lipinski definition) is 3. The first-order valence-corrected chi connectivity index (χ1v) is 13.9. The van der Waals surface area contributed by atoms with Crippen LogP contribution in [0.4, 0.5) is 4.79 Å². The molecule has 2 aromatic carbocycles. The second-order valence-electron chi connectivity index (χ2n) is 10.6. The number of aliphatic hydroxyl groups is 1. The number of primary amides is 1. The summed E-state index contributed by atoms with van der Waals surface area (Å²) in [6, 6.07) is 19.2. The van der Waals surface area contributed by atoms with E-state index >= 15 is 0 Å². The van der Waals surface area contributed by atoms with Crippen molar-refractivity contribution in [3.8, 4) is 0 Å². The highest BCUT2D eigenvalue weighted by Crippen LogP contribution is 2.34. The largest absolute Gasteiger partial charge is 0.444 e. The molecule has 2 amide bonds. The standard InChI is InChI=1S/C30H39N3O4S/c1-5-23(27(31)35)26-19-32-28(38-26)22(16-20-12-8-6-9-13-20)18-25(34)24(17-21-14-10-7-11-15-21)33-29(36)37-30(2,3)4/h6-15,19,22-25,34H,5,16-18H2,1-4H3,(H2,31,35)(H,33,36)/t22-,23?,24-,25-/m0/s1. The van der Waals surface area contributed by atoms with Gasteiger partial charge in [0, 0.05) is 17.0 Å². The summed E-state index contributed by atoms with van der Waals surface area (Å²) in [5.74, 6) is -0.884. The summed E-state index contributed by atoms with van der Waals surface area (Å²) in [6.07, 6.45) is 2.35. The molecule has 0 fully saturated rings. The molecule has 0 aliphatic rings. The van der Waals surface area contributed by atoms with Crippen LogP contribution in [-0.4, -0.2) is 39.8 Å². The maximum Gasteiger partial charge on any atom is 0.407 e.